The molecule has 0 saturated carbocycles. The van der Waals surface area contributed by atoms with Gasteiger partial charge in [-0.1, -0.05) is 6.07 Å². The van der Waals surface area contributed by atoms with Crippen molar-refractivity contribution in [2.24, 2.45) is 0 Å². The molecule has 6 nitrogen and oxygen atoms in total. The zero-order valence-electron chi connectivity index (χ0n) is 13.0. The first-order valence-electron chi connectivity index (χ1n) is 8.06. The number of amides is 1. The van der Waals surface area contributed by atoms with Crippen LogP contribution in [0.3, 0.4) is 0 Å². The Kier molecular flexibility index (Phi) is 4.90. The third kappa shape index (κ3) is 3.56. The van der Waals surface area contributed by atoms with E-state index in [9.17, 15) is 4.79 Å². The molecule has 120 valence electrons. The minimum atomic E-state index is -0.273. The average molecular weight is 304 g/mol. The summed E-state index contributed by atoms with van der Waals surface area (Å²) in [7, 11) is 0. The Bertz CT molecular complexity index is 499. The molecule has 1 aromatic heterocycles. The number of ether oxygens (including phenoxy) is 1. The molecule has 22 heavy (non-hydrogen) atoms. The zero-order chi connectivity index (χ0) is 15.4. The van der Waals surface area contributed by atoms with Gasteiger partial charge in [0, 0.05) is 32.4 Å². The van der Waals surface area contributed by atoms with Crippen LogP contribution in [0.25, 0.3) is 0 Å². The van der Waals surface area contributed by atoms with E-state index in [1.807, 2.05) is 25.3 Å². The van der Waals surface area contributed by atoms with E-state index in [0.717, 1.165) is 24.5 Å². The van der Waals surface area contributed by atoms with E-state index in [-0.39, 0.29) is 18.1 Å². The maximum atomic E-state index is 12.2. The van der Waals surface area contributed by atoms with Gasteiger partial charge in [-0.25, -0.2) is 4.98 Å². The molecular formula is C16H24N4O2. The molecular weight excluding hydrogens is 280 g/mol. The highest BCUT2D eigenvalue weighted by atomic mass is 16.5. The molecule has 2 N–H and O–H groups in total. The van der Waals surface area contributed by atoms with E-state index in [1.54, 1.807) is 0 Å². The summed E-state index contributed by atoms with van der Waals surface area (Å²) < 4.78 is 5.50. The van der Waals surface area contributed by atoms with Crippen LogP contribution in [0.15, 0.2) is 18.3 Å². The first-order valence-corrected chi connectivity index (χ1v) is 8.06. The Morgan fingerprint density at radius 2 is 2.27 bits per heavy atom. The SMILES string of the molecule is C[C@H]1OCCN[C@@H]1C(=O)NCc1ccc(N2CCCC2)nc1. The summed E-state index contributed by atoms with van der Waals surface area (Å²) >= 11 is 0. The summed E-state index contributed by atoms with van der Waals surface area (Å²) in [6.45, 7) is 5.98. The molecule has 1 aromatic rings. The monoisotopic (exact) mass is 304 g/mol. The average Bonchev–Trinajstić information content (AvgIpc) is 3.08. The van der Waals surface area contributed by atoms with Crippen LogP contribution in [-0.2, 0) is 16.1 Å². The minimum Gasteiger partial charge on any atom is -0.375 e. The Balaban J connectivity index is 1.51. The molecule has 0 aromatic carbocycles. The second-order valence-corrected chi connectivity index (χ2v) is 5.94. The minimum absolute atomic E-state index is 0.0178. The summed E-state index contributed by atoms with van der Waals surface area (Å²) in [6.07, 6.45) is 4.24. The summed E-state index contributed by atoms with van der Waals surface area (Å²) in [5, 5.41) is 6.14. The maximum Gasteiger partial charge on any atom is 0.240 e. The highest BCUT2D eigenvalue weighted by Gasteiger charge is 2.27. The van der Waals surface area contributed by atoms with Crippen molar-refractivity contribution in [1.29, 1.82) is 0 Å². The second kappa shape index (κ2) is 7.07. The van der Waals surface area contributed by atoms with Gasteiger partial charge in [0.2, 0.25) is 5.91 Å². The predicted molar refractivity (Wildman–Crippen MR) is 84.7 cm³/mol. The van der Waals surface area contributed by atoms with Crippen LogP contribution in [0, 0.1) is 0 Å². The predicted octanol–water partition coefficient (Wildman–Crippen LogP) is 0.675. The molecule has 0 spiro atoms. The lowest BCUT2D eigenvalue weighted by Crippen LogP contribution is -2.55. The Labute approximate surface area is 131 Å². The number of pyridine rings is 1. The van der Waals surface area contributed by atoms with Gasteiger partial charge in [0.25, 0.3) is 0 Å². The van der Waals surface area contributed by atoms with E-state index in [2.05, 4.69) is 20.5 Å². The van der Waals surface area contributed by atoms with E-state index in [4.69, 9.17) is 4.74 Å². The normalized spacial score (nSPS) is 25.2. The lowest BCUT2D eigenvalue weighted by atomic mass is 10.1. The van der Waals surface area contributed by atoms with Crippen molar-refractivity contribution in [1.82, 2.24) is 15.6 Å². The van der Waals surface area contributed by atoms with Crippen LogP contribution in [0.5, 0.6) is 0 Å². The highest BCUT2D eigenvalue weighted by molar-refractivity contribution is 5.82. The van der Waals surface area contributed by atoms with Gasteiger partial charge in [-0.05, 0) is 31.4 Å². The van der Waals surface area contributed by atoms with Gasteiger partial charge in [-0.3, -0.25) is 4.79 Å². The van der Waals surface area contributed by atoms with E-state index < -0.39 is 0 Å². The second-order valence-electron chi connectivity index (χ2n) is 5.94. The molecule has 1 amide bonds. The third-order valence-electron chi connectivity index (χ3n) is 4.30. The molecule has 0 radical (unpaired) electrons. The molecule has 0 aliphatic carbocycles. The van der Waals surface area contributed by atoms with E-state index in [0.29, 0.717) is 19.7 Å². The quantitative estimate of drug-likeness (QED) is 0.856. The number of hydrogen-bond donors (Lipinski definition) is 2. The number of carbonyl (C=O) groups is 1. The summed E-state index contributed by atoms with van der Waals surface area (Å²) in [6, 6.07) is 3.80. The van der Waals surface area contributed by atoms with E-state index in [1.165, 1.54) is 12.8 Å². The number of morpholine rings is 1. The Morgan fingerprint density at radius 3 is 2.95 bits per heavy atom. The fourth-order valence-electron chi connectivity index (χ4n) is 2.98. The van der Waals surface area contributed by atoms with Crippen LogP contribution >= 0.6 is 0 Å². The number of nitrogens with one attached hydrogen (secondary N) is 2. The molecule has 2 saturated heterocycles. The number of rotatable bonds is 4. The number of carbonyl (C=O) groups excluding carboxylic acids is 1. The molecule has 2 atom stereocenters. The van der Waals surface area contributed by atoms with E-state index >= 15 is 0 Å². The van der Waals surface area contributed by atoms with Gasteiger partial charge in [-0.15, -0.1) is 0 Å². The molecule has 6 heteroatoms. The van der Waals surface area contributed by atoms with Gasteiger partial charge in [0.15, 0.2) is 0 Å². The topological polar surface area (TPSA) is 66.5 Å². The number of nitrogens with zero attached hydrogens (tertiary/aromatic N) is 2. The van der Waals surface area contributed by atoms with Gasteiger partial charge < -0.3 is 20.3 Å². The molecule has 0 unspecified atom stereocenters. The van der Waals surface area contributed by atoms with Crippen molar-refractivity contribution in [3.05, 3.63) is 23.9 Å². The Morgan fingerprint density at radius 1 is 1.45 bits per heavy atom. The van der Waals surface area contributed by atoms with Crippen molar-refractivity contribution in [2.75, 3.05) is 31.1 Å². The highest BCUT2D eigenvalue weighted by Crippen LogP contribution is 2.17. The summed E-state index contributed by atoms with van der Waals surface area (Å²) in [5.41, 5.74) is 1.01. The third-order valence-corrected chi connectivity index (χ3v) is 4.30. The van der Waals surface area contributed by atoms with Crippen LogP contribution in [-0.4, -0.2) is 49.3 Å². The molecule has 0 bridgehead atoms. The summed E-state index contributed by atoms with van der Waals surface area (Å²) in [5.74, 6) is 1.01. The van der Waals surface area contributed by atoms with Crippen LogP contribution in [0.4, 0.5) is 5.82 Å². The van der Waals surface area contributed by atoms with Gasteiger partial charge in [0.1, 0.15) is 11.9 Å². The number of hydrogen-bond acceptors (Lipinski definition) is 5. The first-order chi connectivity index (χ1) is 10.7. The first kappa shape index (κ1) is 15.2. The van der Waals surface area contributed by atoms with Crippen molar-refractivity contribution < 1.29 is 9.53 Å². The lowest BCUT2D eigenvalue weighted by Gasteiger charge is -2.29. The standard InChI is InChI=1S/C16H24N4O2/c1-12-15(17-6-9-22-12)16(21)19-11-13-4-5-14(18-10-13)20-7-2-3-8-20/h4-5,10,12,15,17H,2-3,6-9,11H2,1H3,(H,19,21)/t12-,15+/m1/s1. The largest absolute Gasteiger partial charge is 0.375 e. The van der Waals surface area contributed by atoms with Crippen LogP contribution in [0.1, 0.15) is 25.3 Å². The fraction of sp³-hybridized carbons (Fsp3) is 0.625. The van der Waals surface area contributed by atoms with Gasteiger partial charge >= 0.3 is 0 Å². The number of aromatic nitrogens is 1. The van der Waals surface area contributed by atoms with Crippen molar-refractivity contribution in [2.45, 2.75) is 38.5 Å². The molecule has 3 heterocycles. The molecule has 2 aliphatic heterocycles. The van der Waals surface area contributed by atoms with Crippen LogP contribution in [0.2, 0.25) is 0 Å². The van der Waals surface area contributed by atoms with Gasteiger partial charge in [-0.2, -0.15) is 0 Å². The van der Waals surface area contributed by atoms with Crippen LogP contribution < -0.4 is 15.5 Å². The molecule has 2 aliphatic rings. The smallest absolute Gasteiger partial charge is 0.240 e. The number of anilines is 1. The molecule has 2 fully saturated rings. The maximum absolute atomic E-state index is 12.2. The Hall–Kier alpha value is -1.66. The van der Waals surface area contributed by atoms with Crippen molar-refractivity contribution >= 4 is 11.7 Å². The zero-order valence-corrected chi connectivity index (χ0v) is 13.0. The van der Waals surface area contributed by atoms with Crippen molar-refractivity contribution in [3.63, 3.8) is 0 Å². The lowest BCUT2D eigenvalue weighted by molar-refractivity contribution is -0.129. The fourth-order valence-corrected chi connectivity index (χ4v) is 2.98. The summed E-state index contributed by atoms with van der Waals surface area (Å²) in [4.78, 5) is 19.0. The van der Waals surface area contributed by atoms with Gasteiger partial charge in [0.05, 0.1) is 12.7 Å². The van der Waals surface area contributed by atoms with Crippen molar-refractivity contribution in [3.8, 4) is 0 Å². The molecule has 3 rings (SSSR count).